The molecular weight excluding hydrogens is 338 g/mol. The van der Waals surface area contributed by atoms with Crippen molar-refractivity contribution in [2.24, 2.45) is 0 Å². The molecule has 1 aromatic heterocycles. The molecule has 0 N–H and O–H groups in total. The van der Waals surface area contributed by atoms with Crippen molar-refractivity contribution in [3.05, 3.63) is 58.4 Å². The summed E-state index contributed by atoms with van der Waals surface area (Å²) in [6.45, 7) is 8.51. The standard InChI is InChI=1S/C23H29NO3/c1-5-6-8-17-9-7-10-18(14-17)22(25)21-16(4)13-20-19(11-12-24(20)21)23(26)27-15(2)3/h7,9-10,13-15,19H,5-6,8,11-12H2,1-4H3. The Kier molecular flexibility index (Phi) is 5.83. The van der Waals surface area contributed by atoms with Crippen molar-refractivity contribution < 1.29 is 14.3 Å². The van der Waals surface area contributed by atoms with Crippen molar-refractivity contribution in [2.45, 2.75) is 71.9 Å². The zero-order chi connectivity index (χ0) is 19.6. The van der Waals surface area contributed by atoms with E-state index in [2.05, 4.69) is 13.0 Å². The van der Waals surface area contributed by atoms with Crippen LogP contribution >= 0.6 is 0 Å². The maximum absolute atomic E-state index is 13.2. The van der Waals surface area contributed by atoms with Crippen LogP contribution in [0.3, 0.4) is 0 Å². The fraction of sp³-hybridized carbons (Fsp3) is 0.478. The molecular formula is C23H29NO3. The molecule has 144 valence electrons. The number of unbranched alkanes of at least 4 members (excludes halogenated alkanes) is 1. The number of hydrogen-bond donors (Lipinski definition) is 0. The maximum Gasteiger partial charge on any atom is 0.315 e. The molecule has 0 saturated carbocycles. The van der Waals surface area contributed by atoms with Gasteiger partial charge in [0.05, 0.1) is 17.7 Å². The molecule has 0 fully saturated rings. The number of fused-ring (bicyclic) bond motifs is 1. The second kappa shape index (κ2) is 8.12. The number of carbonyl (C=O) groups excluding carboxylic acids is 2. The van der Waals surface area contributed by atoms with E-state index >= 15 is 0 Å². The molecule has 4 nitrogen and oxygen atoms in total. The minimum Gasteiger partial charge on any atom is -0.462 e. The Bertz CT molecular complexity index is 847. The molecule has 3 rings (SSSR count). The Hall–Kier alpha value is -2.36. The zero-order valence-electron chi connectivity index (χ0n) is 16.7. The second-order valence-corrected chi connectivity index (χ2v) is 7.71. The second-order valence-electron chi connectivity index (χ2n) is 7.71. The summed E-state index contributed by atoms with van der Waals surface area (Å²) >= 11 is 0. The van der Waals surface area contributed by atoms with Crippen LogP contribution in [0.5, 0.6) is 0 Å². The monoisotopic (exact) mass is 367 g/mol. The highest BCUT2D eigenvalue weighted by Gasteiger charge is 2.34. The number of rotatable bonds is 7. The van der Waals surface area contributed by atoms with E-state index in [1.807, 2.05) is 49.6 Å². The van der Waals surface area contributed by atoms with Gasteiger partial charge in [-0.25, -0.2) is 0 Å². The van der Waals surface area contributed by atoms with Gasteiger partial charge in [0.1, 0.15) is 0 Å². The fourth-order valence-electron chi connectivity index (χ4n) is 3.89. The highest BCUT2D eigenvalue weighted by molar-refractivity contribution is 6.09. The van der Waals surface area contributed by atoms with Crippen molar-refractivity contribution >= 4 is 11.8 Å². The molecule has 1 atom stereocenters. The van der Waals surface area contributed by atoms with Gasteiger partial charge >= 0.3 is 5.97 Å². The third-order valence-electron chi connectivity index (χ3n) is 5.18. The lowest BCUT2D eigenvalue weighted by atomic mass is 10.00. The first-order valence-corrected chi connectivity index (χ1v) is 9.96. The lowest BCUT2D eigenvalue weighted by Crippen LogP contribution is -2.18. The van der Waals surface area contributed by atoms with Gasteiger partial charge in [-0.2, -0.15) is 0 Å². The van der Waals surface area contributed by atoms with E-state index in [9.17, 15) is 9.59 Å². The molecule has 0 radical (unpaired) electrons. The summed E-state index contributed by atoms with van der Waals surface area (Å²) in [6.07, 6.45) is 3.81. The summed E-state index contributed by atoms with van der Waals surface area (Å²) < 4.78 is 7.42. The fourth-order valence-corrected chi connectivity index (χ4v) is 3.89. The molecule has 0 bridgehead atoms. The van der Waals surface area contributed by atoms with Crippen molar-refractivity contribution in [1.82, 2.24) is 4.57 Å². The molecule has 1 aliphatic heterocycles. The third kappa shape index (κ3) is 4.00. The number of nitrogens with zero attached hydrogens (tertiary/aromatic N) is 1. The molecule has 2 aromatic rings. The van der Waals surface area contributed by atoms with E-state index in [1.165, 1.54) is 5.56 Å². The van der Waals surface area contributed by atoms with Gasteiger partial charge in [0.2, 0.25) is 5.78 Å². The third-order valence-corrected chi connectivity index (χ3v) is 5.18. The quantitative estimate of drug-likeness (QED) is 0.521. The van der Waals surface area contributed by atoms with Gasteiger partial charge < -0.3 is 9.30 Å². The smallest absolute Gasteiger partial charge is 0.315 e. The molecule has 4 heteroatoms. The molecule has 1 aromatic carbocycles. The van der Waals surface area contributed by atoms with Crippen molar-refractivity contribution in [2.75, 3.05) is 0 Å². The van der Waals surface area contributed by atoms with Gasteiger partial charge in [-0.3, -0.25) is 9.59 Å². The number of ether oxygens (including phenoxy) is 1. The topological polar surface area (TPSA) is 48.3 Å². The summed E-state index contributed by atoms with van der Waals surface area (Å²) in [6, 6.07) is 9.92. The number of hydrogen-bond acceptors (Lipinski definition) is 3. The van der Waals surface area contributed by atoms with Crippen LogP contribution in [0.25, 0.3) is 0 Å². The van der Waals surface area contributed by atoms with E-state index in [0.29, 0.717) is 18.7 Å². The molecule has 2 heterocycles. The zero-order valence-corrected chi connectivity index (χ0v) is 16.7. The number of benzene rings is 1. The molecule has 1 aliphatic rings. The summed E-state index contributed by atoms with van der Waals surface area (Å²) in [4.78, 5) is 25.6. The highest BCUT2D eigenvalue weighted by atomic mass is 16.5. The van der Waals surface area contributed by atoms with E-state index in [4.69, 9.17) is 4.74 Å². The predicted molar refractivity (Wildman–Crippen MR) is 106 cm³/mol. The number of ketones is 1. The maximum atomic E-state index is 13.2. The van der Waals surface area contributed by atoms with Crippen LogP contribution in [0, 0.1) is 6.92 Å². The van der Waals surface area contributed by atoms with E-state index in [0.717, 1.165) is 36.1 Å². The average Bonchev–Trinajstić information content (AvgIpc) is 3.16. The number of aromatic nitrogens is 1. The Morgan fingerprint density at radius 2 is 2.04 bits per heavy atom. The summed E-state index contributed by atoms with van der Waals surface area (Å²) in [5, 5.41) is 0. The van der Waals surface area contributed by atoms with Crippen LogP contribution in [0.15, 0.2) is 30.3 Å². The largest absolute Gasteiger partial charge is 0.462 e. The molecule has 0 saturated heterocycles. The van der Waals surface area contributed by atoms with Crippen LogP contribution < -0.4 is 0 Å². The minimum absolute atomic E-state index is 0.0370. The molecule has 0 spiro atoms. The lowest BCUT2D eigenvalue weighted by Gasteiger charge is -2.12. The molecule has 0 aliphatic carbocycles. The molecule has 1 unspecified atom stereocenters. The Labute approximate surface area is 161 Å². The first-order valence-electron chi connectivity index (χ1n) is 9.96. The highest BCUT2D eigenvalue weighted by Crippen LogP contribution is 2.34. The lowest BCUT2D eigenvalue weighted by molar-refractivity contribution is -0.149. The van der Waals surface area contributed by atoms with Crippen LogP contribution in [0.2, 0.25) is 0 Å². The number of aryl methyl sites for hydroxylation is 2. The van der Waals surface area contributed by atoms with Gasteiger partial charge in [-0.1, -0.05) is 31.5 Å². The molecule has 0 amide bonds. The summed E-state index contributed by atoms with van der Waals surface area (Å²) in [5.41, 5.74) is 4.46. The predicted octanol–water partition coefficient (Wildman–Crippen LogP) is 4.81. The molecule has 27 heavy (non-hydrogen) atoms. The van der Waals surface area contributed by atoms with E-state index < -0.39 is 0 Å². The summed E-state index contributed by atoms with van der Waals surface area (Å²) in [7, 11) is 0. The van der Waals surface area contributed by atoms with E-state index in [1.54, 1.807) is 0 Å². The van der Waals surface area contributed by atoms with Gasteiger partial charge in [-0.15, -0.1) is 0 Å². The number of esters is 1. The average molecular weight is 367 g/mol. The van der Waals surface area contributed by atoms with Crippen LogP contribution in [0.1, 0.15) is 78.8 Å². The minimum atomic E-state index is -0.275. The number of carbonyl (C=O) groups is 2. The first kappa shape index (κ1) is 19.4. The van der Waals surface area contributed by atoms with Crippen LogP contribution in [-0.2, 0) is 22.5 Å². The van der Waals surface area contributed by atoms with Gasteiger partial charge in [0, 0.05) is 17.8 Å². The Morgan fingerprint density at radius 3 is 2.74 bits per heavy atom. The van der Waals surface area contributed by atoms with E-state index in [-0.39, 0.29) is 23.8 Å². The van der Waals surface area contributed by atoms with Gasteiger partial charge in [0.15, 0.2) is 0 Å². The van der Waals surface area contributed by atoms with Gasteiger partial charge in [-0.05, 0) is 63.3 Å². The Balaban J connectivity index is 1.89. The van der Waals surface area contributed by atoms with Crippen molar-refractivity contribution in [3.8, 4) is 0 Å². The summed E-state index contributed by atoms with van der Waals surface area (Å²) in [5.74, 6) is -0.430. The van der Waals surface area contributed by atoms with Crippen molar-refractivity contribution in [3.63, 3.8) is 0 Å². The van der Waals surface area contributed by atoms with Crippen LogP contribution in [0.4, 0.5) is 0 Å². The first-order chi connectivity index (χ1) is 12.9. The Morgan fingerprint density at radius 1 is 1.26 bits per heavy atom. The normalized spacial score (nSPS) is 15.8. The van der Waals surface area contributed by atoms with Crippen molar-refractivity contribution in [1.29, 1.82) is 0 Å². The SMILES string of the molecule is CCCCc1cccc(C(=O)c2c(C)cc3n2CCC3C(=O)OC(C)C)c1. The van der Waals surface area contributed by atoms with Crippen LogP contribution in [-0.4, -0.2) is 22.4 Å². The van der Waals surface area contributed by atoms with Gasteiger partial charge in [0.25, 0.3) is 0 Å².